The molecule has 1 saturated carbocycles. The Morgan fingerprint density at radius 2 is 2.10 bits per heavy atom. The van der Waals surface area contributed by atoms with E-state index in [1.165, 1.54) is 0 Å². The Bertz CT molecular complexity index is 496. The van der Waals surface area contributed by atoms with E-state index in [0.717, 1.165) is 36.2 Å². The van der Waals surface area contributed by atoms with Crippen molar-refractivity contribution in [2.45, 2.75) is 59.0 Å². The van der Waals surface area contributed by atoms with Crippen LogP contribution in [0.3, 0.4) is 0 Å². The molecule has 1 heterocycles. The van der Waals surface area contributed by atoms with Gasteiger partial charge in [0.2, 0.25) is 0 Å². The molecule has 0 aliphatic heterocycles. The fourth-order valence-corrected chi connectivity index (χ4v) is 3.56. The molecule has 0 aromatic carbocycles. The van der Waals surface area contributed by atoms with E-state index in [1.54, 1.807) is 0 Å². The van der Waals surface area contributed by atoms with Crippen LogP contribution in [0.4, 0.5) is 0 Å². The first kappa shape index (κ1) is 18.1. The van der Waals surface area contributed by atoms with Crippen LogP contribution < -0.4 is 11.1 Å². The molecule has 4 nitrogen and oxygen atoms in total. The van der Waals surface area contributed by atoms with Gasteiger partial charge in [0.1, 0.15) is 0 Å². The summed E-state index contributed by atoms with van der Waals surface area (Å²) in [7, 11) is 0. The molecule has 2 unspecified atom stereocenters. The van der Waals surface area contributed by atoms with Gasteiger partial charge in [-0.25, -0.2) is 0 Å². The van der Waals surface area contributed by atoms with Gasteiger partial charge in [0.05, 0.1) is 5.56 Å². The molecule has 21 heavy (non-hydrogen) atoms. The highest BCUT2D eigenvalue weighted by Gasteiger charge is 2.28. The average Bonchev–Trinajstić information content (AvgIpc) is 2.93. The molecule has 1 aromatic heterocycles. The molecular weight excluding hydrogens is 286 g/mol. The molecule has 0 radical (unpaired) electrons. The molecule has 120 valence electrons. The van der Waals surface area contributed by atoms with Gasteiger partial charge in [-0.2, -0.15) is 0 Å². The molecule has 2 atom stereocenters. The second-order valence-electron chi connectivity index (χ2n) is 6.26. The third kappa shape index (κ3) is 3.61. The molecule has 0 spiro atoms. The first-order valence-corrected chi connectivity index (χ1v) is 7.65. The fraction of sp³-hybridized carbons (Fsp3) is 0.688. The van der Waals surface area contributed by atoms with Gasteiger partial charge < -0.3 is 15.6 Å². The van der Waals surface area contributed by atoms with E-state index in [-0.39, 0.29) is 24.4 Å². The van der Waals surface area contributed by atoms with Crippen LogP contribution in [-0.2, 0) is 0 Å². The summed E-state index contributed by atoms with van der Waals surface area (Å²) in [5.41, 5.74) is 8.78. The Morgan fingerprint density at radius 1 is 1.43 bits per heavy atom. The lowest BCUT2D eigenvalue weighted by atomic mass is 10.0. The predicted molar refractivity (Wildman–Crippen MR) is 89.2 cm³/mol. The normalized spacial score (nSPS) is 21.4. The molecule has 1 aromatic rings. The van der Waals surface area contributed by atoms with Gasteiger partial charge in [0, 0.05) is 23.5 Å². The lowest BCUT2D eigenvalue weighted by molar-refractivity contribution is 0.0928. The van der Waals surface area contributed by atoms with Gasteiger partial charge in [0.15, 0.2) is 0 Å². The van der Waals surface area contributed by atoms with E-state index in [1.807, 2.05) is 13.0 Å². The maximum atomic E-state index is 12.5. The number of aromatic nitrogens is 1. The SMILES string of the molecule is Cc1cc(C(=O)NC2CCCC2CN)c(C)n1C(C)C.Cl. The van der Waals surface area contributed by atoms with Crippen LogP contribution in [0.2, 0.25) is 0 Å². The van der Waals surface area contributed by atoms with Gasteiger partial charge in [-0.05, 0) is 59.1 Å². The molecule has 1 fully saturated rings. The van der Waals surface area contributed by atoms with Gasteiger partial charge in [0.25, 0.3) is 5.91 Å². The molecule has 1 aliphatic carbocycles. The van der Waals surface area contributed by atoms with E-state index in [4.69, 9.17) is 5.73 Å². The van der Waals surface area contributed by atoms with E-state index in [0.29, 0.717) is 18.5 Å². The van der Waals surface area contributed by atoms with Crippen LogP contribution in [0, 0.1) is 19.8 Å². The summed E-state index contributed by atoms with van der Waals surface area (Å²) < 4.78 is 2.21. The Labute approximate surface area is 133 Å². The summed E-state index contributed by atoms with van der Waals surface area (Å²) in [6.07, 6.45) is 3.35. The van der Waals surface area contributed by atoms with Crippen molar-refractivity contribution >= 4 is 18.3 Å². The minimum Gasteiger partial charge on any atom is -0.349 e. The largest absolute Gasteiger partial charge is 0.349 e. The smallest absolute Gasteiger partial charge is 0.253 e. The number of nitrogens with one attached hydrogen (secondary N) is 1. The topological polar surface area (TPSA) is 60.1 Å². The monoisotopic (exact) mass is 313 g/mol. The second-order valence-corrected chi connectivity index (χ2v) is 6.26. The first-order valence-electron chi connectivity index (χ1n) is 7.65. The number of nitrogens with zero attached hydrogens (tertiary/aromatic N) is 1. The van der Waals surface area contributed by atoms with Crippen molar-refractivity contribution in [1.82, 2.24) is 9.88 Å². The minimum absolute atomic E-state index is 0. The van der Waals surface area contributed by atoms with Crippen LogP contribution in [0.25, 0.3) is 0 Å². The summed E-state index contributed by atoms with van der Waals surface area (Å²) >= 11 is 0. The quantitative estimate of drug-likeness (QED) is 0.897. The highest BCUT2D eigenvalue weighted by Crippen LogP contribution is 2.26. The van der Waals surface area contributed by atoms with Crippen molar-refractivity contribution in [1.29, 1.82) is 0 Å². The number of carbonyl (C=O) groups is 1. The van der Waals surface area contributed by atoms with Crippen molar-refractivity contribution < 1.29 is 4.79 Å². The van der Waals surface area contributed by atoms with Crippen LogP contribution in [0.15, 0.2) is 6.07 Å². The zero-order valence-electron chi connectivity index (χ0n) is 13.5. The maximum absolute atomic E-state index is 12.5. The standard InChI is InChI=1S/C16H27N3O.ClH/c1-10(2)19-11(3)8-14(12(19)4)16(20)18-15-7-5-6-13(15)9-17;/h8,10,13,15H,5-7,9,17H2,1-4H3,(H,18,20);1H. The molecule has 5 heteroatoms. The number of nitrogens with two attached hydrogens (primary N) is 1. The highest BCUT2D eigenvalue weighted by atomic mass is 35.5. The van der Waals surface area contributed by atoms with Gasteiger partial charge >= 0.3 is 0 Å². The number of amides is 1. The number of carbonyl (C=O) groups excluding carboxylic acids is 1. The summed E-state index contributed by atoms with van der Waals surface area (Å²) in [6.45, 7) is 9.03. The summed E-state index contributed by atoms with van der Waals surface area (Å²) in [5, 5.41) is 3.18. The molecule has 0 saturated heterocycles. The molecule has 3 N–H and O–H groups in total. The molecule has 1 amide bonds. The number of rotatable bonds is 4. The maximum Gasteiger partial charge on any atom is 0.253 e. The van der Waals surface area contributed by atoms with E-state index in [2.05, 4.69) is 30.7 Å². The zero-order valence-corrected chi connectivity index (χ0v) is 14.3. The Morgan fingerprint density at radius 3 is 2.62 bits per heavy atom. The Hall–Kier alpha value is -1.000. The van der Waals surface area contributed by atoms with E-state index < -0.39 is 0 Å². The molecular formula is C16H28ClN3O. The molecule has 1 aliphatic rings. The van der Waals surface area contributed by atoms with Crippen molar-refractivity contribution in [2.24, 2.45) is 11.7 Å². The summed E-state index contributed by atoms with van der Waals surface area (Å²) in [5.74, 6) is 0.489. The average molecular weight is 314 g/mol. The number of hydrogen-bond acceptors (Lipinski definition) is 2. The third-order valence-corrected chi connectivity index (χ3v) is 4.52. The Balaban J connectivity index is 0.00000220. The first-order chi connectivity index (χ1) is 9.45. The summed E-state index contributed by atoms with van der Waals surface area (Å²) in [4.78, 5) is 12.5. The van der Waals surface area contributed by atoms with Gasteiger partial charge in [-0.3, -0.25) is 4.79 Å². The second kappa shape index (κ2) is 7.32. The highest BCUT2D eigenvalue weighted by molar-refractivity contribution is 5.96. The summed E-state index contributed by atoms with van der Waals surface area (Å²) in [6, 6.07) is 2.62. The van der Waals surface area contributed by atoms with Crippen LogP contribution in [0.5, 0.6) is 0 Å². The lowest BCUT2D eigenvalue weighted by Crippen LogP contribution is -2.40. The van der Waals surface area contributed by atoms with Gasteiger partial charge in [-0.1, -0.05) is 6.42 Å². The van der Waals surface area contributed by atoms with E-state index in [9.17, 15) is 4.79 Å². The fourth-order valence-electron chi connectivity index (χ4n) is 3.56. The number of halogens is 1. The van der Waals surface area contributed by atoms with Crippen LogP contribution in [0.1, 0.15) is 60.9 Å². The third-order valence-electron chi connectivity index (χ3n) is 4.52. The van der Waals surface area contributed by atoms with E-state index >= 15 is 0 Å². The van der Waals surface area contributed by atoms with Crippen molar-refractivity contribution in [2.75, 3.05) is 6.54 Å². The Kier molecular flexibility index (Phi) is 6.29. The van der Waals surface area contributed by atoms with Crippen LogP contribution in [-0.4, -0.2) is 23.1 Å². The number of aryl methyl sites for hydroxylation is 1. The minimum atomic E-state index is 0. The van der Waals surface area contributed by atoms with Crippen molar-refractivity contribution in [3.05, 3.63) is 23.0 Å². The van der Waals surface area contributed by atoms with Crippen LogP contribution >= 0.6 is 12.4 Å². The lowest BCUT2D eigenvalue weighted by Gasteiger charge is -2.19. The van der Waals surface area contributed by atoms with Gasteiger partial charge in [-0.15, -0.1) is 12.4 Å². The molecule has 2 rings (SSSR count). The zero-order chi connectivity index (χ0) is 14.9. The predicted octanol–water partition coefficient (Wildman–Crippen LogP) is 2.96. The number of hydrogen-bond donors (Lipinski definition) is 2. The molecule has 0 bridgehead atoms. The van der Waals surface area contributed by atoms with Crippen molar-refractivity contribution in [3.8, 4) is 0 Å². The van der Waals surface area contributed by atoms with Crippen molar-refractivity contribution in [3.63, 3.8) is 0 Å².